The second-order valence-electron chi connectivity index (χ2n) is 7.01. The van der Waals surface area contributed by atoms with E-state index in [-0.39, 0.29) is 0 Å². The average Bonchev–Trinajstić information content (AvgIpc) is 3.42. The van der Waals surface area contributed by atoms with Gasteiger partial charge in [0, 0.05) is 5.56 Å². The van der Waals surface area contributed by atoms with Crippen molar-refractivity contribution in [1.82, 2.24) is 29.4 Å². The third-order valence-electron chi connectivity index (χ3n) is 5.18. The highest BCUT2D eigenvalue weighted by molar-refractivity contribution is 5.90. The van der Waals surface area contributed by atoms with E-state index in [0.29, 0.717) is 34.4 Å². The summed E-state index contributed by atoms with van der Waals surface area (Å²) < 4.78 is 20.0. The molecule has 9 heteroatoms. The van der Waals surface area contributed by atoms with Gasteiger partial charge in [-0.05, 0) is 31.2 Å². The lowest BCUT2D eigenvalue weighted by Gasteiger charge is -2.13. The van der Waals surface area contributed by atoms with Crippen molar-refractivity contribution in [2.24, 2.45) is 0 Å². The summed E-state index contributed by atoms with van der Waals surface area (Å²) in [6.07, 6.45) is 3.45. The summed E-state index contributed by atoms with van der Waals surface area (Å²) in [7, 11) is 4.72. The first kappa shape index (κ1) is 18.9. The van der Waals surface area contributed by atoms with E-state index in [1.165, 1.54) is 5.56 Å². The Hall–Kier alpha value is -4.14. The largest absolute Gasteiger partial charge is 0.493 e. The van der Waals surface area contributed by atoms with Gasteiger partial charge in [0.1, 0.15) is 6.33 Å². The summed E-state index contributed by atoms with van der Waals surface area (Å²) in [5.41, 5.74) is 4.24. The molecule has 3 heterocycles. The standard InChI is InChI=1S/C22H20N6O3/c1-13-5-7-15(8-6-13)28-21-16(11-24-28)22-26-25-20(27(22)12-23-21)14-9-17(29-2)19(31-4)18(10-14)30-3/h5-12H,1-4H3. The number of aromatic nitrogens is 6. The molecule has 0 aliphatic heterocycles. The molecular weight excluding hydrogens is 396 g/mol. The van der Waals surface area contributed by atoms with Crippen LogP contribution in [0.25, 0.3) is 33.8 Å². The van der Waals surface area contributed by atoms with Gasteiger partial charge < -0.3 is 14.2 Å². The zero-order chi connectivity index (χ0) is 21.5. The van der Waals surface area contributed by atoms with Gasteiger partial charge in [0.05, 0.1) is 38.6 Å². The molecule has 31 heavy (non-hydrogen) atoms. The van der Waals surface area contributed by atoms with E-state index in [4.69, 9.17) is 14.2 Å². The molecule has 5 aromatic rings. The van der Waals surface area contributed by atoms with Crippen LogP contribution in [0.4, 0.5) is 0 Å². The minimum atomic E-state index is 0.516. The maximum Gasteiger partial charge on any atom is 0.203 e. The van der Waals surface area contributed by atoms with E-state index in [9.17, 15) is 0 Å². The van der Waals surface area contributed by atoms with Gasteiger partial charge in [-0.3, -0.25) is 4.40 Å². The molecule has 0 N–H and O–H groups in total. The minimum Gasteiger partial charge on any atom is -0.493 e. The van der Waals surface area contributed by atoms with Crippen LogP contribution in [0.1, 0.15) is 5.56 Å². The fourth-order valence-electron chi connectivity index (χ4n) is 3.60. The molecule has 0 saturated heterocycles. The summed E-state index contributed by atoms with van der Waals surface area (Å²) in [6.45, 7) is 2.05. The number of aryl methyl sites for hydroxylation is 1. The van der Waals surface area contributed by atoms with E-state index in [1.54, 1.807) is 38.5 Å². The summed E-state index contributed by atoms with van der Waals surface area (Å²) in [5.74, 6) is 2.19. The topological polar surface area (TPSA) is 88.6 Å². The smallest absolute Gasteiger partial charge is 0.203 e. The molecule has 156 valence electrons. The van der Waals surface area contributed by atoms with Crippen molar-refractivity contribution < 1.29 is 14.2 Å². The van der Waals surface area contributed by atoms with Crippen LogP contribution in [-0.4, -0.2) is 50.7 Å². The van der Waals surface area contributed by atoms with Crippen molar-refractivity contribution in [3.8, 4) is 34.3 Å². The average molecular weight is 416 g/mol. The van der Waals surface area contributed by atoms with Gasteiger partial charge >= 0.3 is 0 Å². The number of fused-ring (bicyclic) bond motifs is 3. The van der Waals surface area contributed by atoms with Crippen LogP contribution in [-0.2, 0) is 0 Å². The summed E-state index contributed by atoms with van der Waals surface area (Å²) in [5, 5.41) is 14.1. The van der Waals surface area contributed by atoms with Gasteiger partial charge in [0.25, 0.3) is 0 Å². The number of benzene rings is 2. The first-order valence-corrected chi connectivity index (χ1v) is 9.59. The van der Waals surface area contributed by atoms with Crippen LogP contribution in [0.3, 0.4) is 0 Å². The van der Waals surface area contributed by atoms with E-state index >= 15 is 0 Å². The maximum atomic E-state index is 5.47. The Morgan fingerprint density at radius 1 is 0.839 bits per heavy atom. The number of rotatable bonds is 5. The Morgan fingerprint density at radius 2 is 1.55 bits per heavy atom. The first-order chi connectivity index (χ1) is 15.1. The van der Waals surface area contributed by atoms with Gasteiger partial charge in [-0.1, -0.05) is 17.7 Å². The van der Waals surface area contributed by atoms with E-state index < -0.39 is 0 Å². The molecular formula is C22H20N6O3. The normalized spacial score (nSPS) is 11.2. The molecule has 2 aromatic carbocycles. The highest BCUT2D eigenvalue weighted by atomic mass is 16.5. The molecule has 0 saturated carbocycles. The van der Waals surface area contributed by atoms with Crippen LogP contribution in [0.15, 0.2) is 48.9 Å². The monoisotopic (exact) mass is 416 g/mol. The van der Waals surface area contributed by atoms with Crippen molar-refractivity contribution in [3.05, 3.63) is 54.5 Å². The van der Waals surface area contributed by atoms with E-state index in [2.05, 4.69) is 20.3 Å². The lowest BCUT2D eigenvalue weighted by molar-refractivity contribution is 0.324. The fraction of sp³-hybridized carbons (Fsp3) is 0.182. The number of hydrogen-bond donors (Lipinski definition) is 0. The van der Waals surface area contributed by atoms with Crippen molar-refractivity contribution in [2.45, 2.75) is 6.92 Å². The third kappa shape index (κ3) is 2.93. The van der Waals surface area contributed by atoms with E-state index in [1.807, 2.05) is 47.7 Å². The zero-order valence-electron chi connectivity index (χ0n) is 17.5. The summed E-state index contributed by atoms with van der Waals surface area (Å²) >= 11 is 0. The minimum absolute atomic E-state index is 0.516. The second kappa shape index (κ2) is 7.28. The molecule has 0 radical (unpaired) electrons. The highest BCUT2D eigenvalue weighted by Gasteiger charge is 2.19. The van der Waals surface area contributed by atoms with Crippen LogP contribution < -0.4 is 14.2 Å². The van der Waals surface area contributed by atoms with Crippen LogP contribution in [0.2, 0.25) is 0 Å². The summed E-state index contributed by atoms with van der Waals surface area (Å²) in [6, 6.07) is 11.8. The van der Waals surface area contributed by atoms with Crippen molar-refractivity contribution in [1.29, 1.82) is 0 Å². The van der Waals surface area contributed by atoms with Gasteiger partial charge in [-0.25, -0.2) is 9.67 Å². The molecule has 0 spiro atoms. The third-order valence-corrected chi connectivity index (χ3v) is 5.18. The Balaban J connectivity index is 1.68. The lowest BCUT2D eigenvalue weighted by Crippen LogP contribution is -1.99. The Labute approximate surface area is 177 Å². The molecule has 3 aromatic heterocycles. The molecule has 9 nitrogen and oxygen atoms in total. The molecule has 0 aliphatic rings. The Bertz CT molecular complexity index is 1380. The lowest BCUT2D eigenvalue weighted by atomic mass is 10.1. The maximum absolute atomic E-state index is 5.47. The molecule has 0 unspecified atom stereocenters. The molecule has 0 amide bonds. The van der Waals surface area contributed by atoms with Crippen molar-refractivity contribution in [2.75, 3.05) is 21.3 Å². The van der Waals surface area contributed by atoms with Crippen LogP contribution in [0.5, 0.6) is 17.2 Å². The van der Waals surface area contributed by atoms with Gasteiger partial charge in [-0.15, -0.1) is 10.2 Å². The quantitative estimate of drug-likeness (QED) is 0.433. The molecule has 0 aliphatic carbocycles. The Morgan fingerprint density at radius 3 is 2.19 bits per heavy atom. The van der Waals surface area contributed by atoms with Crippen molar-refractivity contribution in [3.63, 3.8) is 0 Å². The number of methoxy groups -OCH3 is 3. The Kier molecular flexibility index (Phi) is 4.43. The number of nitrogens with zero attached hydrogens (tertiary/aromatic N) is 6. The van der Waals surface area contributed by atoms with Gasteiger partial charge in [-0.2, -0.15) is 5.10 Å². The zero-order valence-corrected chi connectivity index (χ0v) is 17.5. The van der Waals surface area contributed by atoms with Crippen LogP contribution >= 0.6 is 0 Å². The van der Waals surface area contributed by atoms with Gasteiger partial charge in [0.2, 0.25) is 5.75 Å². The fourth-order valence-corrected chi connectivity index (χ4v) is 3.60. The molecule has 0 bridgehead atoms. The first-order valence-electron chi connectivity index (χ1n) is 9.59. The van der Waals surface area contributed by atoms with Crippen molar-refractivity contribution >= 4 is 16.7 Å². The molecule has 0 fully saturated rings. The number of ether oxygens (including phenoxy) is 3. The SMILES string of the molecule is COc1cc(-c2nnc3c4cnn(-c5ccc(C)cc5)c4ncn23)cc(OC)c1OC. The van der Waals surface area contributed by atoms with E-state index in [0.717, 1.165) is 16.6 Å². The molecule has 5 rings (SSSR count). The predicted molar refractivity (Wildman–Crippen MR) is 115 cm³/mol. The summed E-state index contributed by atoms with van der Waals surface area (Å²) in [4.78, 5) is 4.64. The van der Waals surface area contributed by atoms with Crippen LogP contribution in [0, 0.1) is 6.92 Å². The predicted octanol–water partition coefficient (Wildman–Crippen LogP) is 3.46. The molecule has 0 atom stereocenters. The second-order valence-corrected chi connectivity index (χ2v) is 7.01. The highest BCUT2D eigenvalue weighted by Crippen LogP contribution is 2.41. The number of hydrogen-bond acceptors (Lipinski definition) is 7. The van der Waals surface area contributed by atoms with Gasteiger partial charge in [0.15, 0.2) is 28.6 Å².